The number of aliphatic hydroxyl groups excluding tert-OH is 1. The van der Waals surface area contributed by atoms with Crippen molar-refractivity contribution >= 4 is 5.97 Å². The molecule has 0 bridgehead atoms. The van der Waals surface area contributed by atoms with Gasteiger partial charge in [-0.2, -0.15) is 0 Å². The average molecular weight is 302 g/mol. The normalized spacial score (nSPS) is 15.4. The van der Waals surface area contributed by atoms with Gasteiger partial charge in [0.05, 0.1) is 19.3 Å². The summed E-state index contributed by atoms with van der Waals surface area (Å²) in [6.07, 6.45) is -3.77. The molecule has 1 aromatic carbocycles. The summed E-state index contributed by atoms with van der Waals surface area (Å²) in [6.45, 7) is 3.89. The smallest absolute Gasteiger partial charge is 0.317 e. The summed E-state index contributed by atoms with van der Waals surface area (Å²) < 4.78 is 35.6. The lowest BCUT2D eigenvalue weighted by atomic mass is 9.96. The zero-order valence-corrected chi connectivity index (χ0v) is 12.3. The number of ether oxygens (including phenoxy) is 2. The van der Waals surface area contributed by atoms with Crippen LogP contribution in [0.3, 0.4) is 0 Å². The van der Waals surface area contributed by atoms with Crippen LogP contribution in [-0.4, -0.2) is 30.7 Å². The number of esters is 1. The first kappa shape index (κ1) is 17.4. The summed E-state index contributed by atoms with van der Waals surface area (Å²) in [5.74, 6) is -2.47. The molecule has 1 N–H and O–H groups in total. The van der Waals surface area contributed by atoms with Gasteiger partial charge in [0.1, 0.15) is 11.7 Å². The highest BCUT2D eigenvalue weighted by atomic mass is 19.3. The molecule has 0 heterocycles. The molecule has 0 aliphatic heterocycles. The average Bonchev–Trinajstić information content (AvgIpc) is 2.47. The van der Waals surface area contributed by atoms with E-state index in [0.717, 1.165) is 13.5 Å². The van der Waals surface area contributed by atoms with Crippen LogP contribution >= 0.6 is 0 Å². The lowest BCUT2D eigenvalue weighted by molar-refractivity contribution is -0.157. The van der Waals surface area contributed by atoms with E-state index in [2.05, 4.69) is 4.74 Å². The maximum absolute atomic E-state index is 12.9. The zero-order chi connectivity index (χ0) is 16.0. The van der Waals surface area contributed by atoms with Gasteiger partial charge >= 0.3 is 5.97 Å². The van der Waals surface area contributed by atoms with Crippen molar-refractivity contribution in [1.82, 2.24) is 0 Å². The van der Waals surface area contributed by atoms with Gasteiger partial charge < -0.3 is 14.6 Å². The minimum absolute atomic E-state index is 0.0321. The Morgan fingerprint density at radius 2 is 1.86 bits per heavy atom. The van der Waals surface area contributed by atoms with Gasteiger partial charge in [0.15, 0.2) is 0 Å². The van der Waals surface area contributed by atoms with Crippen molar-refractivity contribution in [3.05, 3.63) is 29.8 Å². The SMILES string of the molecule is CCC(C)Oc1ccc(C(O)C(C(=O)OC)C(F)F)cc1. The molecule has 0 saturated heterocycles. The summed E-state index contributed by atoms with van der Waals surface area (Å²) >= 11 is 0. The molecule has 0 amide bonds. The van der Waals surface area contributed by atoms with E-state index in [1.54, 1.807) is 12.1 Å². The van der Waals surface area contributed by atoms with E-state index >= 15 is 0 Å². The molecule has 6 heteroatoms. The van der Waals surface area contributed by atoms with Crippen molar-refractivity contribution in [3.63, 3.8) is 0 Å². The van der Waals surface area contributed by atoms with Crippen LogP contribution in [0.1, 0.15) is 31.9 Å². The molecule has 0 saturated carbocycles. The lowest BCUT2D eigenvalue weighted by Gasteiger charge is -2.20. The van der Waals surface area contributed by atoms with E-state index in [0.29, 0.717) is 5.75 Å². The molecule has 1 aromatic rings. The van der Waals surface area contributed by atoms with Gasteiger partial charge in [-0.25, -0.2) is 8.78 Å². The number of hydrogen-bond donors (Lipinski definition) is 1. The molecule has 0 aliphatic carbocycles. The second-order valence-corrected chi connectivity index (χ2v) is 4.73. The van der Waals surface area contributed by atoms with Crippen LogP contribution in [0.5, 0.6) is 5.75 Å². The molecule has 0 aromatic heterocycles. The van der Waals surface area contributed by atoms with Gasteiger partial charge in [-0.1, -0.05) is 19.1 Å². The summed E-state index contributed by atoms with van der Waals surface area (Å²) in [6, 6.07) is 6.07. The fraction of sp³-hybridized carbons (Fsp3) is 0.533. The Hall–Kier alpha value is -1.69. The van der Waals surface area contributed by atoms with Gasteiger partial charge in [-0.15, -0.1) is 0 Å². The van der Waals surface area contributed by atoms with E-state index in [4.69, 9.17) is 4.74 Å². The Labute approximate surface area is 122 Å². The van der Waals surface area contributed by atoms with Crippen LogP contribution in [-0.2, 0) is 9.53 Å². The van der Waals surface area contributed by atoms with Crippen LogP contribution in [0.2, 0.25) is 0 Å². The Morgan fingerprint density at radius 1 is 1.29 bits per heavy atom. The summed E-state index contributed by atoms with van der Waals surface area (Å²) in [7, 11) is 1.01. The largest absolute Gasteiger partial charge is 0.491 e. The van der Waals surface area contributed by atoms with Crippen molar-refractivity contribution in [2.24, 2.45) is 5.92 Å². The maximum atomic E-state index is 12.9. The highest BCUT2D eigenvalue weighted by Crippen LogP contribution is 2.29. The minimum Gasteiger partial charge on any atom is -0.491 e. The van der Waals surface area contributed by atoms with Crippen molar-refractivity contribution in [2.75, 3.05) is 7.11 Å². The topological polar surface area (TPSA) is 55.8 Å². The van der Waals surface area contributed by atoms with E-state index in [1.165, 1.54) is 12.1 Å². The van der Waals surface area contributed by atoms with Crippen molar-refractivity contribution in [2.45, 2.75) is 38.9 Å². The fourth-order valence-corrected chi connectivity index (χ4v) is 1.77. The first-order valence-electron chi connectivity index (χ1n) is 6.71. The number of rotatable bonds is 7. The number of aliphatic hydroxyl groups is 1. The van der Waals surface area contributed by atoms with Gasteiger partial charge in [-0.3, -0.25) is 4.79 Å². The molecule has 4 nitrogen and oxygen atoms in total. The van der Waals surface area contributed by atoms with E-state index in [1.807, 2.05) is 13.8 Å². The third-order valence-corrected chi connectivity index (χ3v) is 3.22. The molecule has 0 aliphatic rings. The van der Waals surface area contributed by atoms with E-state index < -0.39 is 24.4 Å². The second-order valence-electron chi connectivity index (χ2n) is 4.73. The second kappa shape index (κ2) is 7.93. The van der Waals surface area contributed by atoms with Crippen LogP contribution in [0.15, 0.2) is 24.3 Å². The van der Waals surface area contributed by atoms with Gasteiger partial charge in [0, 0.05) is 0 Å². The number of halogens is 2. The molecule has 0 radical (unpaired) electrons. The third kappa shape index (κ3) is 4.67. The molecular weight excluding hydrogens is 282 g/mol. The molecule has 3 atom stereocenters. The molecular formula is C15H20F2O4. The standard InChI is InChI=1S/C15H20F2O4/c1-4-9(2)21-11-7-5-10(6-8-11)13(18)12(14(16)17)15(19)20-3/h5-9,12-14,18H,4H2,1-3H3. The first-order valence-corrected chi connectivity index (χ1v) is 6.71. The van der Waals surface area contributed by atoms with Crippen LogP contribution in [0, 0.1) is 5.92 Å². The molecule has 118 valence electrons. The molecule has 1 rings (SSSR count). The highest BCUT2D eigenvalue weighted by Gasteiger charge is 2.37. The molecule has 21 heavy (non-hydrogen) atoms. The highest BCUT2D eigenvalue weighted by molar-refractivity contribution is 5.73. The van der Waals surface area contributed by atoms with Crippen LogP contribution < -0.4 is 4.74 Å². The predicted octanol–water partition coefficient (Wildman–Crippen LogP) is 2.95. The summed E-state index contributed by atoms with van der Waals surface area (Å²) in [5.41, 5.74) is 0.210. The number of benzene rings is 1. The quantitative estimate of drug-likeness (QED) is 0.787. The Kier molecular flexibility index (Phi) is 6.55. The summed E-state index contributed by atoms with van der Waals surface area (Å²) in [5, 5.41) is 9.95. The molecule has 0 fully saturated rings. The number of methoxy groups -OCH3 is 1. The van der Waals surface area contributed by atoms with Crippen molar-refractivity contribution in [3.8, 4) is 5.75 Å². The number of hydrogen-bond acceptors (Lipinski definition) is 4. The zero-order valence-electron chi connectivity index (χ0n) is 12.3. The van der Waals surface area contributed by atoms with E-state index in [9.17, 15) is 18.7 Å². The number of carbonyl (C=O) groups is 1. The first-order chi connectivity index (χ1) is 9.90. The Balaban J connectivity index is 2.86. The van der Waals surface area contributed by atoms with Gasteiger partial charge in [0.2, 0.25) is 0 Å². The Morgan fingerprint density at radius 3 is 2.29 bits per heavy atom. The predicted molar refractivity (Wildman–Crippen MR) is 73.3 cm³/mol. The molecule has 3 unspecified atom stereocenters. The van der Waals surface area contributed by atoms with Gasteiger partial charge in [-0.05, 0) is 31.0 Å². The van der Waals surface area contributed by atoms with Crippen molar-refractivity contribution < 1.29 is 28.2 Å². The third-order valence-electron chi connectivity index (χ3n) is 3.22. The maximum Gasteiger partial charge on any atom is 0.317 e. The molecule has 0 spiro atoms. The van der Waals surface area contributed by atoms with Crippen molar-refractivity contribution in [1.29, 1.82) is 0 Å². The monoisotopic (exact) mass is 302 g/mol. The van der Waals surface area contributed by atoms with Crippen LogP contribution in [0.25, 0.3) is 0 Å². The van der Waals surface area contributed by atoms with Crippen LogP contribution in [0.4, 0.5) is 8.78 Å². The van der Waals surface area contributed by atoms with Gasteiger partial charge in [0.25, 0.3) is 6.43 Å². The fourth-order valence-electron chi connectivity index (χ4n) is 1.77. The lowest BCUT2D eigenvalue weighted by Crippen LogP contribution is -2.30. The summed E-state index contributed by atoms with van der Waals surface area (Å²) in [4.78, 5) is 11.3. The minimum atomic E-state index is -3.01. The number of carbonyl (C=O) groups excluding carboxylic acids is 1. The Bertz CT molecular complexity index is 447. The van der Waals surface area contributed by atoms with E-state index in [-0.39, 0.29) is 11.7 Å². The number of alkyl halides is 2.